The van der Waals surface area contributed by atoms with Crippen LogP contribution < -0.4 is 4.74 Å². The number of terminal acetylenes is 1. The molecule has 0 spiro atoms. The maximum absolute atomic E-state index is 6.24. The fourth-order valence-electron chi connectivity index (χ4n) is 6.95. The summed E-state index contributed by atoms with van der Waals surface area (Å²) >= 11 is 0. The Labute approximate surface area is 258 Å². The Bertz CT molecular complexity index is 2230. The van der Waals surface area contributed by atoms with Gasteiger partial charge in [0.15, 0.2) is 0 Å². The summed E-state index contributed by atoms with van der Waals surface area (Å²) in [6, 6.07) is 37.4. The Balaban J connectivity index is 1.25. The lowest BCUT2D eigenvalue weighted by Gasteiger charge is -2.25. The average Bonchev–Trinajstić information content (AvgIpc) is 3.41. The Morgan fingerprint density at radius 2 is 1.61 bits per heavy atom. The van der Waals surface area contributed by atoms with Crippen LogP contribution in [0.3, 0.4) is 0 Å². The minimum Gasteiger partial charge on any atom is -0.488 e. The molecule has 44 heavy (non-hydrogen) atoms. The van der Waals surface area contributed by atoms with Crippen LogP contribution in [-0.4, -0.2) is 11.2 Å². The van der Waals surface area contributed by atoms with Crippen molar-refractivity contribution in [3.63, 3.8) is 0 Å². The molecule has 0 amide bonds. The molecule has 0 radical (unpaired) electrons. The van der Waals surface area contributed by atoms with Gasteiger partial charge in [0.2, 0.25) is 0 Å². The lowest BCUT2D eigenvalue weighted by molar-refractivity contribution is 0.349. The lowest BCUT2D eigenvalue weighted by Crippen LogP contribution is -2.13. The SMILES string of the molecule is C#C/C=C\C1=C(C)c2c(cccc2-n2c3c(c4cc(-c5ccc(-c6cccc7ccccc67)cc5)ccc42)C=CCC3)OC1. The fraction of sp³-hybridized carbons (Fsp3) is 0.0952. The molecule has 2 nitrogen and oxygen atoms in total. The van der Waals surface area contributed by atoms with E-state index in [2.05, 4.69) is 133 Å². The van der Waals surface area contributed by atoms with E-state index in [0.717, 1.165) is 35.4 Å². The first-order chi connectivity index (χ1) is 21.7. The van der Waals surface area contributed by atoms with E-state index in [1.165, 1.54) is 60.8 Å². The first kappa shape index (κ1) is 26.1. The maximum atomic E-state index is 6.24. The van der Waals surface area contributed by atoms with E-state index < -0.39 is 0 Å². The van der Waals surface area contributed by atoms with Crippen molar-refractivity contribution < 1.29 is 4.74 Å². The van der Waals surface area contributed by atoms with E-state index in [-0.39, 0.29) is 0 Å². The third-order valence-corrected chi connectivity index (χ3v) is 9.13. The lowest BCUT2D eigenvalue weighted by atomic mass is 9.95. The summed E-state index contributed by atoms with van der Waals surface area (Å²) in [6.45, 7) is 2.70. The van der Waals surface area contributed by atoms with Crippen LogP contribution in [0.5, 0.6) is 5.75 Å². The van der Waals surface area contributed by atoms with Gasteiger partial charge in [-0.2, -0.15) is 0 Å². The van der Waals surface area contributed by atoms with Crippen molar-refractivity contribution in [1.82, 2.24) is 4.57 Å². The smallest absolute Gasteiger partial charge is 0.129 e. The monoisotopic (exact) mass is 565 g/mol. The molecule has 1 aromatic heterocycles. The zero-order valence-electron chi connectivity index (χ0n) is 24.7. The molecule has 210 valence electrons. The Morgan fingerprint density at radius 3 is 2.50 bits per heavy atom. The van der Waals surface area contributed by atoms with Crippen molar-refractivity contribution >= 4 is 33.3 Å². The van der Waals surface area contributed by atoms with Gasteiger partial charge in [0.25, 0.3) is 0 Å². The molecule has 2 aliphatic rings. The second-order valence-corrected chi connectivity index (χ2v) is 11.6. The molecule has 0 N–H and O–H groups in total. The summed E-state index contributed by atoms with van der Waals surface area (Å²) in [5, 5.41) is 3.82. The molecule has 1 aliphatic heterocycles. The van der Waals surface area contributed by atoms with E-state index in [1.807, 2.05) is 6.08 Å². The first-order valence-corrected chi connectivity index (χ1v) is 15.2. The van der Waals surface area contributed by atoms with Gasteiger partial charge < -0.3 is 9.30 Å². The van der Waals surface area contributed by atoms with Gasteiger partial charge in [-0.05, 0) is 100 Å². The molecule has 0 unspecified atom stereocenters. The molecule has 0 bridgehead atoms. The molecular weight excluding hydrogens is 534 g/mol. The molecule has 6 aromatic rings. The van der Waals surface area contributed by atoms with Crippen LogP contribution in [-0.2, 0) is 6.42 Å². The van der Waals surface area contributed by atoms with Crippen LogP contribution in [0.15, 0.2) is 127 Å². The van der Waals surface area contributed by atoms with Crippen LogP contribution in [0, 0.1) is 12.3 Å². The Kier molecular flexibility index (Phi) is 6.32. The number of allylic oxidation sites excluding steroid dienone is 3. The van der Waals surface area contributed by atoms with Crippen LogP contribution >= 0.6 is 0 Å². The van der Waals surface area contributed by atoms with E-state index >= 15 is 0 Å². The molecular formula is C42H31NO. The van der Waals surface area contributed by atoms with Crippen molar-refractivity contribution in [3.05, 3.63) is 144 Å². The maximum Gasteiger partial charge on any atom is 0.129 e. The number of rotatable bonds is 4. The minimum atomic E-state index is 0.524. The molecule has 2 heteroatoms. The number of ether oxygens (including phenoxy) is 1. The second kappa shape index (κ2) is 10.6. The minimum absolute atomic E-state index is 0.524. The highest BCUT2D eigenvalue weighted by Gasteiger charge is 2.25. The van der Waals surface area contributed by atoms with Crippen molar-refractivity contribution in [1.29, 1.82) is 0 Å². The van der Waals surface area contributed by atoms with Crippen LogP contribution in [0.25, 0.3) is 61.3 Å². The summed E-state index contributed by atoms with van der Waals surface area (Å²) in [5.41, 5.74) is 13.4. The van der Waals surface area contributed by atoms with E-state index in [4.69, 9.17) is 11.2 Å². The summed E-state index contributed by atoms with van der Waals surface area (Å²) < 4.78 is 8.69. The summed E-state index contributed by atoms with van der Waals surface area (Å²) in [6.07, 6.45) is 15.9. The summed E-state index contributed by atoms with van der Waals surface area (Å²) in [5.74, 6) is 3.54. The van der Waals surface area contributed by atoms with Gasteiger partial charge in [-0.3, -0.25) is 0 Å². The summed E-state index contributed by atoms with van der Waals surface area (Å²) in [4.78, 5) is 0. The fourth-order valence-corrected chi connectivity index (χ4v) is 6.95. The van der Waals surface area contributed by atoms with E-state index in [0.29, 0.717) is 6.61 Å². The number of hydrogen-bond acceptors (Lipinski definition) is 1. The van der Waals surface area contributed by atoms with Crippen molar-refractivity contribution in [2.24, 2.45) is 0 Å². The summed E-state index contributed by atoms with van der Waals surface area (Å²) in [7, 11) is 0. The van der Waals surface area contributed by atoms with Gasteiger partial charge in [-0.15, -0.1) is 6.42 Å². The van der Waals surface area contributed by atoms with Gasteiger partial charge in [0.1, 0.15) is 12.4 Å². The number of benzene rings is 5. The Hall–Kier alpha value is -5.52. The largest absolute Gasteiger partial charge is 0.488 e. The van der Waals surface area contributed by atoms with Gasteiger partial charge in [0, 0.05) is 22.2 Å². The molecule has 0 fully saturated rings. The van der Waals surface area contributed by atoms with Gasteiger partial charge in [-0.25, -0.2) is 0 Å². The topological polar surface area (TPSA) is 14.2 Å². The van der Waals surface area contributed by atoms with Crippen molar-refractivity contribution in [2.75, 3.05) is 6.61 Å². The molecule has 0 atom stereocenters. The van der Waals surface area contributed by atoms with Gasteiger partial charge in [0.05, 0.1) is 11.2 Å². The van der Waals surface area contributed by atoms with E-state index in [9.17, 15) is 0 Å². The number of aromatic nitrogens is 1. The normalized spacial score (nSPS) is 14.1. The number of hydrogen-bond donors (Lipinski definition) is 0. The van der Waals surface area contributed by atoms with Crippen molar-refractivity contribution in [3.8, 4) is 46.0 Å². The highest BCUT2D eigenvalue weighted by Crippen LogP contribution is 2.42. The van der Waals surface area contributed by atoms with Gasteiger partial charge in [-0.1, -0.05) is 96.9 Å². The van der Waals surface area contributed by atoms with Crippen LogP contribution in [0.1, 0.15) is 30.2 Å². The molecule has 8 rings (SSSR count). The standard InChI is InChI=1S/C42H31NO/c1-3-4-11-33-27-44-41-19-10-18-40(42(41)28(33)2)43-38-17-8-7-15-36(38)37-26-32(24-25-39(37)43)29-20-22-31(23-21-29)35-16-9-13-30-12-5-6-14-34(30)35/h1,4-7,9-16,18-26H,8,17,27H2,2H3/b11-4-. The zero-order valence-corrected chi connectivity index (χ0v) is 24.7. The van der Waals surface area contributed by atoms with Crippen LogP contribution in [0.2, 0.25) is 0 Å². The number of fused-ring (bicyclic) bond motifs is 5. The molecule has 2 heterocycles. The molecule has 5 aromatic carbocycles. The predicted molar refractivity (Wildman–Crippen MR) is 185 cm³/mol. The molecule has 1 aliphatic carbocycles. The van der Waals surface area contributed by atoms with Crippen molar-refractivity contribution in [2.45, 2.75) is 19.8 Å². The Morgan fingerprint density at radius 1 is 0.818 bits per heavy atom. The molecule has 0 saturated heterocycles. The number of nitrogens with zero attached hydrogens (tertiary/aromatic N) is 1. The third kappa shape index (κ3) is 4.21. The zero-order chi connectivity index (χ0) is 29.6. The quantitative estimate of drug-likeness (QED) is 0.194. The van der Waals surface area contributed by atoms with E-state index in [1.54, 1.807) is 6.08 Å². The molecule has 0 saturated carbocycles. The third-order valence-electron chi connectivity index (χ3n) is 9.13. The van der Waals surface area contributed by atoms with Crippen LogP contribution in [0.4, 0.5) is 0 Å². The van der Waals surface area contributed by atoms with Gasteiger partial charge >= 0.3 is 0 Å². The predicted octanol–water partition coefficient (Wildman–Crippen LogP) is 10.4. The average molecular weight is 566 g/mol. The second-order valence-electron chi connectivity index (χ2n) is 11.6. The first-order valence-electron chi connectivity index (χ1n) is 15.2. The highest BCUT2D eigenvalue weighted by molar-refractivity contribution is 5.99. The highest BCUT2D eigenvalue weighted by atomic mass is 16.5.